The van der Waals surface area contributed by atoms with E-state index < -0.39 is 5.97 Å². The highest BCUT2D eigenvalue weighted by atomic mass is 35.5. The van der Waals surface area contributed by atoms with Gasteiger partial charge in [-0.15, -0.1) is 0 Å². The van der Waals surface area contributed by atoms with Gasteiger partial charge in [-0.25, -0.2) is 4.79 Å². The Morgan fingerprint density at radius 2 is 1.47 bits per heavy atom. The highest BCUT2D eigenvalue weighted by Crippen LogP contribution is 2.44. The molecule has 0 unspecified atom stereocenters. The maximum Gasteiger partial charge on any atom is 0.336 e. The molecule has 2 rings (SSSR count). The quantitative estimate of drug-likeness (QED) is 0.718. The predicted molar refractivity (Wildman–Crippen MR) is 78.9 cm³/mol. The monoisotopic (exact) mass is 334 g/mol. The van der Waals surface area contributed by atoms with Crippen LogP contribution in [0.2, 0.25) is 20.1 Å². The summed E-state index contributed by atoms with van der Waals surface area (Å²) in [5.74, 6) is -1.08. The van der Waals surface area contributed by atoms with Crippen molar-refractivity contribution in [1.82, 2.24) is 0 Å². The van der Waals surface area contributed by atoms with Gasteiger partial charge in [0.25, 0.3) is 0 Å². The van der Waals surface area contributed by atoms with Gasteiger partial charge in [0, 0.05) is 5.56 Å². The van der Waals surface area contributed by atoms with E-state index in [1.807, 2.05) is 0 Å². The van der Waals surface area contributed by atoms with Gasteiger partial charge in [0.1, 0.15) is 0 Å². The first kappa shape index (κ1) is 14.5. The minimum atomic E-state index is -1.08. The molecular formula is C13H6Cl4O2. The molecule has 0 spiro atoms. The molecule has 0 radical (unpaired) electrons. The standard InChI is InChI=1S/C13H6Cl4O2/c14-8-5-9(15)12(17)10(11(8)16)6-3-1-2-4-7(6)13(18)19/h1-5H,(H,18,19). The lowest BCUT2D eigenvalue weighted by molar-refractivity contribution is 0.0698. The van der Waals surface area contributed by atoms with Crippen LogP contribution in [0.15, 0.2) is 30.3 Å². The number of rotatable bonds is 2. The van der Waals surface area contributed by atoms with E-state index in [2.05, 4.69) is 0 Å². The minimum absolute atomic E-state index is 0.0737. The highest BCUT2D eigenvalue weighted by molar-refractivity contribution is 6.50. The molecule has 0 saturated carbocycles. The predicted octanol–water partition coefficient (Wildman–Crippen LogP) is 5.67. The Kier molecular flexibility index (Phi) is 4.26. The van der Waals surface area contributed by atoms with Gasteiger partial charge < -0.3 is 5.11 Å². The van der Waals surface area contributed by atoms with Crippen molar-refractivity contribution in [3.05, 3.63) is 56.0 Å². The molecule has 0 atom stereocenters. The Balaban J connectivity index is 2.83. The van der Waals surface area contributed by atoms with Gasteiger partial charge >= 0.3 is 5.97 Å². The van der Waals surface area contributed by atoms with Crippen LogP contribution in [0, 0.1) is 0 Å². The summed E-state index contributed by atoms with van der Waals surface area (Å²) in [5, 5.41) is 9.97. The lowest BCUT2D eigenvalue weighted by atomic mass is 9.99. The van der Waals surface area contributed by atoms with Crippen molar-refractivity contribution < 1.29 is 9.90 Å². The van der Waals surface area contributed by atoms with E-state index in [9.17, 15) is 9.90 Å². The van der Waals surface area contributed by atoms with E-state index in [1.165, 1.54) is 12.1 Å². The van der Waals surface area contributed by atoms with Gasteiger partial charge in [0.2, 0.25) is 0 Å². The number of hydrogen-bond donors (Lipinski definition) is 1. The van der Waals surface area contributed by atoms with Gasteiger partial charge in [-0.2, -0.15) is 0 Å². The van der Waals surface area contributed by atoms with Gasteiger partial charge in [0.15, 0.2) is 0 Å². The number of hydrogen-bond acceptors (Lipinski definition) is 1. The van der Waals surface area contributed by atoms with Crippen LogP contribution >= 0.6 is 46.4 Å². The van der Waals surface area contributed by atoms with E-state index in [1.54, 1.807) is 18.2 Å². The number of benzene rings is 2. The minimum Gasteiger partial charge on any atom is -0.478 e. The summed E-state index contributed by atoms with van der Waals surface area (Å²) >= 11 is 24.1. The molecule has 2 aromatic carbocycles. The first-order valence-electron chi connectivity index (χ1n) is 5.09. The van der Waals surface area contributed by atoms with Crippen molar-refractivity contribution >= 4 is 52.4 Å². The third-order valence-corrected chi connectivity index (χ3v) is 4.11. The van der Waals surface area contributed by atoms with E-state index in [0.717, 1.165) is 0 Å². The molecular weight excluding hydrogens is 330 g/mol. The van der Waals surface area contributed by atoms with Crippen LogP contribution in [0.1, 0.15) is 10.4 Å². The summed E-state index contributed by atoms with van der Waals surface area (Å²) in [5.41, 5.74) is 0.762. The molecule has 19 heavy (non-hydrogen) atoms. The van der Waals surface area contributed by atoms with Crippen molar-refractivity contribution in [2.24, 2.45) is 0 Å². The molecule has 0 aliphatic rings. The molecule has 0 amide bonds. The number of carboxylic acids is 1. The fourth-order valence-electron chi connectivity index (χ4n) is 1.70. The second-order valence-electron chi connectivity index (χ2n) is 3.69. The number of aromatic carboxylic acids is 1. The summed E-state index contributed by atoms with van der Waals surface area (Å²) < 4.78 is 0. The number of carboxylic acid groups (broad SMARTS) is 1. The number of halogens is 4. The topological polar surface area (TPSA) is 37.3 Å². The molecule has 0 aromatic heterocycles. The smallest absolute Gasteiger partial charge is 0.336 e. The first-order chi connectivity index (χ1) is 8.93. The molecule has 0 heterocycles. The molecule has 1 N–H and O–H groups in total. The van der Waals surface area contributed by atoms with Gasteiger partial charge in [-0.05, 0) is 17.7 Å². The summed E-state index contributed by atoms with van der Waals surface area (Å²) in [6.07, 6.45) is 0. The fraction of sp³-hybridized carbons (Fsp3) is 0. The Hall–Kier alpha value is -0.930. The second kappa shape index (κ2) is 5.59. The lowest BCUT2D eigenvalue weighted by Gasteiger charge is -2.12. The SMILES string of the molecule is O=C(O)c1ccccc1-c1c(Cl)c(Cl)cc(Cl)c1Cl. The van der Waals surface area contributed by atoms with Crippen LogP contribution in [-0.2, 0) is 0 Å². The first-order valence-corrected chi connectivity index (χ1v) is 6.60. The lowest BCUT2D eigenvalue weighted by Crippen LogP contribution is -2.00. The van der Waals surface area contributed by atoms with Crippen LogP contribution in [0.3, 0.4) is 0 Å². The van der Waals surface area contributed by atoms with Gasteiger partial charge in [-0.3, -0.25) is 0 Å². The zero-order valence-electron chi connectivity index (χ0n) is 9.25. The normalized spacial score (nSPS) is 10.5. The largest absolute Gasteiger partial charge is 0.478 e. The van der Waals surface area contributed by atoms with Crippen molar-refractivity contribution in [3.8, 4) is 11.1 Å². The van der Waals surface area contributed by atoms with E-state index in [0.29, 0.717) is 11.1 Å². The van der Waals surface area contributed by atoms with Crippen molar-refractivity contribution in [3.63, 3.8) is 0 Å². The third kappa shape index (κ3) is 2.67. The molecule has 2 aromatic rings. The zero-order valence-corrected chi connectivity index (χ0v) is 12.3. The van der Waals surface area contributed by atoms with Crippen molar-refractivity contribution in [2.45, 2.75) is 0 Å². The second-order valence-corrected chi connectivity index (χ2v) is 5.26. The Labute approximate surface area is 129 Å². The Morgan fingerprint density at radius 1 is 0.947 bits per heavy atom. The number of carbonyl (C=O) groups is 1. The fourth-order valence-corrected chi connectivity index (χ4v) is 2.71. The zero-order chi connectivity index (χ0) is 14.2. The van der Waals surface area contributed by atoms with Crippen LogP contribution in [0.5, 0.6) is 0 Å². The molecule has 0 aliphatic heterocycles. The van der Waals surface area contributed by atoms with Gasteiger partial charge in [-0.1, -0.05) is 64.6 Å². The molecule has 98 valence electrons. The van der Waals surface area contributed by atoms with Crippen molar-refractivity contribution in [2.75, 3.05) is 0 Å². The van der Waals surface area contributed by atoms with E-state index in [-0.39, 0.29) is 25.7 Å². The molecule has 0 aliphatic carbocycles. The van der Waals surface area contributed by atoms with Crippen LogP contribution in [0.4, 0.5) is 0 Å². The summed E-state index contributed by atoms with van der Waals surface area (Å²) in [6, 6.07) is 7.77. The summed E-state index contributed by atoms with van der Waals surface area (Å²) in [7, 11) is 0. The Bertz CT molecular complexity index is 642. The molecule has 2 nitrogen and oxygen atoms in total. The maximum absolute atomic E-state index is 11.2. The van der Waals surface area contributed by atoms with Crippen molar-refractivity contribution in [1.29, 1.82) is 0 Å². The van der Waals surface area contributed by atoms with E-state index >= 15 is 0 Å². The summed E-state index contributed by atoms with van der Waals surface area (Å²) in [6.45, 7) is 0. The van der Waals surface area contributed by atoms with Crippen LogP contribution in [-0.4, -0.2) is 11.1 Å². The highest BCUT2D eigenvalue weighted by Gasteiger charge is 2.20. The summed E-state index contributed by atoms with van der Waals surface area (Å²) in [4.78, 5) is 11.2. The van der Waals surface area contributed by atoms with Gasteiger partial charge in [0.05, 0.1) is 25.7 Å². The van der Waals surface area contributed by atoms with Crippen LogP contribution < -0.4 is 0 Å². The molecule has 0 bridgehead atoms. The average Bonchev–Trinajstić information content (AvgIpc) is 2.37. The maximum atomic E-state index is 11.2. The third-order valence-electron chi connectivity index (χ3n) is 2.54. The molecule has 0 fully saturated rings. The van der Waals surface area contributed by atoms with E-state index in [4.69, 9.17) is 46.4 Å². The average molecular weight is 336 g/mol. The molecule has 6 heteroatoms. The Morgan fingerprint density at radius 3 is 2.00 bits per heavy atom. The van der Waals surface area contributed by atoms with Crippen LogP contribution in [0.25, 0.3) is 11.1 Å². The molecule has 0 saturated heterocycles.